The van der Waals surface area contributed by atoms with Crippen molar-refractivity contribution in [3.63, 3.8) is 0 Å². The van der Waals surface area contributed by atoms with E-state index in [9.17, 15) is 4.79 Å². The van der Waals surface area contributed by atoms with Crippen molar-refractivity contribution in [2.75, 3.05) is 6.54 Å². The SMILES string of the molecule is NCC1CC(NC(=O)C2CC2)C1. The molecule has 12 heavy (non-hydrogen) atoms. The number of rotatable bonds is 3. The van der Waals surface area contributed by atoms with Crippen LogP contribution in [0.5, 0.6) is 0 Å². The van der Waals surface area contributed by atoms with Crippen LogP contribution in [-0.2, 0) is 4.79 Å². The topological polar surface area (TPSA) is 55.1 Å². The van der Waals surface area contributed by atoms with E-state index in [1.165, 1.54) is 0 Å². The zero-order valence-electron chi connectivity index (χ0n) is 7.25. The second kappa shape index (κ2) is 3.05. The van der Waals surface area contributed by atoms with E-state index in [4.69, 9.17) is 5.73 Å². The molecule has 0 aromatic carbocycles. The van der Waals surface area contributed by atoms with Crippen LogP contribution in [0.15, 0.2) is 0 Å². The summed E-state index contributed by atoms with van der Waals surface area (Å²) in [6, 6.07) is 0.437. The molecule has 68 valence electrons. The summed E-state index contributed by atoms with van der Waals surface area (Å²) in [4.78, 5) is 11.3. The zero-order valence-corrected chi connectivity index (χ0v) is 7.25. The molecular formula is C9H16N2O. The van der Waals surface area contributed by atoms with Crippen LogP contribution in [0.3, 0.4) is 0 Å². The fourth-order valence-corrected chi connectivity index (χ4v) is 1.71. The molecule has 1 amide bonds. The molecule has 2 saturated carbocycles. The van der Waals surface area contributed by atoms with Crippen molar-refractivity contribution in [3.8, 4) is 0 Å². The molecule has 0 saturated heterocycles. The summed E-state index contributed by atoms with van der Waals surface area (Å²) in [6.07, 6.45) is 4.38. The van der Waals surface area contributed by atoms with Gasteiger partial charge in [-0.2, -0.15) is 0 Å². The summed E-state index contributed by atoms with van der Waals surface area (Å²) >= 11 is 0. The van der Waals surface area contributed by atoms with Gasteiger partial charge in [0, 0.05) is 12.0 Å². The van der Waals surface area contributed by atoms with E-state index in [1.807, 2.05) is 0 Å². The lowest BCUT2D eigenvalue weighted by Crippen LogP contribution is -2.46. The molecule has 0 aromatic heterocycles. The second-order valence-corrected chi connectivity index (χ2v) is 4.05. The number of hydrogen-bond acceptors (Lipinski definition) is 2. The van der Waals surface area contributed by atoms with Gasteiger partial charge in [-0.3, -0.25) is 4.79 Å². The number of nitrogens with two attached hydrogens (primary N) is 1. The molecule has 0 aliphatic heterocycles. The van der Waals surface area contributed by atoms with Crippen LogP contribution in [0.2, 0.25) is 0 Å². The number of carbonyl (C=O) groups excluding carboxylic acids is 1. The van der Waals surface area contributed by atoms with Crippen molar-refractivity contribution in [3.05, 3.63) is 0 Å². The maximum absolute atomic E-state index is 11.3. The Hall–Kier alpha value is -0.570. The molecule has 2 aliphatic rings. The van der Waals surface area contributed by atoms with Gasteiger partial charge in [-0.15, -0.1) is 0 Å². The standard InChI is InChI=1S/C9H16N2O/c10-5-6-3-8(4-6)11-9(12)7-1-2-7/h6-8H,1-5,10H2,(H,11,12). The fourth-order valence-electron chi connectivity index (χ4n) is 1.71. The molecule has 3 N–H and O–H groups in total. The third-order valence-corrected chi connectivity index (χ3v) is 2.86. The van der Waals surface area contributed by atoms with Crippen LogP contribution in [-0.4, -0.2) is 18.5 Å². The first-order valence-corrected chi connectivity index (χ1v) is 4.80. The first-order valence-electron chi connectivity index (χ1n) is 4.80. The van der Waals surface area contributed by atoms with Crippen LogP contribution < -0.4 is 11.1 Å². The molecule has 2 rings (SSSR count). The monoisotopic (exact) mass is 168 g/mol. The van der Waals surface area contributed by atoms with Crippen molar-refractivity contribution in [1.82, 2.24) is 5.32 Å². The van der Waals surface area contributed by atoms with Gasteiger partial charge in [0.2, 0.25) is 5.91 Å². The normalized spacial score (nSPS) is 34.1. The maximum Gasteiger partial charge on any atom is 0.223 e. The highest BCUT2D eigenvalue weighted by Crippen LogP contribution is 2.31. The van der Waals surface area contributed by atoms with Gasteiger partial charge < -0.3 is 11.1 Å². The van der Waals surface area contributed by atoms with Gasteiger partial charge in [-0.05, 0) is 38.1 Å². The molecule has 0 radical (unpaired) electrons. The van der Waals surface area contributed by atoms with Crippen molar-refractivity contribution < 1.29 is 4.79 Å². The molecule has 2 fully saturated rings. The molecule has 0 bridgehead atoms. The molecular weight excluding hydrogens is 152 g/mol. The van der Waals surface area contributed by atoms with E-state index >= 15 is 0 Å². The summed E-state index contributed by atoms with van der Waals surface area (Å²) in [6.45, 7) is 0.774. The Morgan fingerprint density at radius 3 is 2.58 bits per heavy atom. The van der Waals surface area contributed by atoms with E-state index in [2.05, 4.69) is 5.32 Å². The van der Waals surface area contributed by atoms with E-state index in [0.717, 1.165) is 32.2 Å². The molecule has 2 aliphatic carbocycles. The van der Waals surface area contributed by atoms with Crippen molar-refractivity contribution in [2.45, 2.75) is 31.7 Å². The highest BCUT2D eigenvalue weighted by atomic mass is 16.2. The molecule has 0 atom stereocenters. The Kier molecular flexibility index (Phi) is 2.05. The second-order valence-electron chi connectivity index (χ2n) is 4.05. The Bertz CT molecular complexity index is 183. The number of carbonyl (C=O) groups is 1. The van der Waals surface area contributed by atoms with Crippen LogP contribution >= 0.6 is 0 Å². The lowest BCUT2D eigenvalue weighted by Gasteiger charge is -2.35. The van der Waals surface area contributed by atoms with Gasteiger partial charge in [0.05, 0.1) is 0 Å². The van der Waals surface area contributed by atoms with E-state index in [-0.39, 0.29) is 5.91 Å². The minimum atomic E-state index is 0.274. The first kappa shape index (κ1) is 8.05. The summed E-state index contributed by atoms with van der Waals surface area (Å²) < 4.78 is 0. The molecule has 0 unspecified atom stereocenters. The van der Waals surface area contributed by atoms with Gasteiger partial charge in [-0.1, -0.05) is 0 Å². The Labute approximate surface area is 72.7 Å². The molecule has 0 spiro atoms. The van der Waals surface area contributed by atoms with Gasteiger partial charge in [0.25, 0.3) is 0 Å². The Morgan fingerprint density at radius 1 is 1.42 bits per heavy atom. The van der Waals surface area contributed by atoms with Crippen LogP contribution in [0.4, 0.5) is 0 Å². The smallest absolute Gasteiger partial charge is 0.223 e. The first-order chi connectivity index (χ1) is 5.79. The summed E-state index contributed by atoms with van der Waals surface area (Å²) in [5.74, 6) is 1.28. The van der Waals surface area contributed by atoms with Gasteiger partial charge >= 0.3 is 0 Å². The van der Waals surface area contributed by atoms with E-state index in [1.54, 1.807) is 0 Å². The highest BCUT2D eigenvalue weighted by Gasteiger charge is 2.34. The average Bonchev–Trinajstić information content (AvgIpc) is 2.76. The third kappa shape index (κ3) is 1.61. The lowest BCUT2D eigenvalue weighted by atomic mass is 9.80. The largest absolute Gasteiger partial charge is 0.353 e. The minimum Gasteiger partial charge on any atom is -0.353 e. The predicted molar refractivity (Wildman–Crippen MR) is 46.4 cm³/mol. The quantitative estimate of drug-likeness (QED) is 0.634. The van der Waals surface area contributed by atoms with Crippen LogP contribution in [0.1, 0.15) is 25.7 Å². The Balaban J connectivity index is 1.65. The predicted octanol–water partition coefficient (Wildman–Crippen LogP) is 0.250. The maximum atomic E-state index is 11.3. The van der Waals surface area contributed by atoms with E-state index < -0.39 is 0 Å². The van der Waals surface area contributed by atoms with Crippen molar-refractivity contribution >= 4 is 5.91 Å². The van der Waals surface area contributed by atoms with Crippen LogP contribution in [0, 0.1) is 11.8 Å². The highest BCUT2D eigenvalue weighted by molar-refractivity contribution is 5.81. The van der Waals surface area contributed by atoms with Gasteiger partial charge in [-0.25, -0.2) is 0 Å². The summed E-state index contributed by atoms with van der Waals surface area (Å²) in [5, 5.41) is 3.05. The van der Waals surface area contributed by atoms with E-state index in [0.29, 0.717) is 17.9 Å². The number of hydrogen-bond donors (Lipinski definition) is 2. The number of amides is 1. The fraction of sp³-hybridized carbons (Fsp3) is 0.889. The lowest BCUT2D eigenvalue weighted by molar-refractivity contribution is -0.123. The van der Waals surface area contributed by atoms with Gasteiger partial charge in [0.15, 0.2) is 0 Å². The third-order valence-electron chi connectivity index (χ3n) is 2.86. The van der Waals surface area contributed by atoms with Gasteiger partial charge in [0.1, 0.15) is 0 Å². The Morgan fingerprint density at radius 2 is 2.08 bits per heavy atom. The van der Waals surface area contributed by atoms with Crippen LogP contribution in [0.25, 0.3) is 0 Å². The summed E-state index contributed by atoms with van der Waals surface area (Å²) in [7, 11) is 0. The molecule has 3 nitrogen and oxygen atoms in total. The van der Waals surface area contributed by atoms with Crippen molar-refractivity contribution in [1.29, 1.82) is 0 Å². The molecule has 3 heteroatoms. The minimum absolute atomic E-state index is 0.274. The molecule has 0 aromatic rings. The molecule has 0 heterocycles. The average molecular weight is 168 g/mol. The number of nitrogens with one attached hydrogen (secondary N) is 1. The summed E-state index contributed by atoms with van der Waals surface area (Å²) in [5.41, 5.74) is 5.49. The van der Waals surface area contributed by atoms with Crippen molar-refractivity contribution in [2.24, 2.45) is 17.6 Å². The zero-order chi connectivity index (χ0) is 8.55.